The summed E-state index contributed by atoms with van der Waals surface area (Å²) in [6.45, 7) is 0. The highest BCUT2D eigenvalue weighted by Crippen LogP contribution is 2.25. The summed E-state index contributed by atoms with van der Waals surface area (Å²) in [5, 5.41) is 0.239. The molecule has 4 heteroatoms. The van der Waals surface area contributed by atoms with E-state index in [9.17, 15) is 0 Å². The Morgan fingerprint density at radius 1 is 1.55 bits per heavy atom. The van der Waals surface area contributed by atoms with E-state index in [1.165, 1.54) is 0 Å². The standard InChI is InChI=1S/C7H7ClN2O/c8-7-9-4-3-6(10-7)11-5-1-2-5/h3-5H,1-2H2. The summed E-state index contributed by atoms with van der Waals surface area (Å²) in [5.74, 6) is 0.576. The second-order valence-electron chi connectivity index (χ2n) is 2.48. The summed E-state index contributed by atoms with van der Waals surface area (Å²) in [7, 11) is 0. The topological polar surface area (TPSA) is 35.0 Å². The maximum Gasteiger partial charge on any atom is 0.225 e. The van der Waals surface area contributed by atoms with Crippen LogP contribution in [-0.2, 0) is 0 Å². The van der Waals surface area contributed by atoms with Gasteiger partial charge in [0.1, 0.15) is 6.10 Å². The van der Waals surface area contributed by atoms with Crippen molar-refractivity contribution in [3.8, 4) is 5.88 Å². The molecule has 1 aromatic rings. The first-order chi connectivity index (χ1) is 5.34. The van der Waals surface area contributed by atoms with E-state index in [-0.39, 0.29) is 5.28 Å². The van der Waals surface area contributed by atoms with Crippen molar-refractivity contribution in [2.45, 2.75) is 18.9 Å². The summed E-state index contributed by atoms with van der Waals surface area (Å²) >= 11 is 5.55. The molecule has 0 amide bonds. The van der Waals surface area contributed by atoms with Crippen LogP contribution in [0.15, 0.2) is 12.3 Å². The van der Waals surface area contributed by atoms with Crippen molar-refractivity contribution < 1.29 is 4.74 Å². The molecule has 0 aromatic carbocycles. The highest BCUT2D eigenvalue weighted by molar-refractivity contribution is 6.28. The van der Waals surface area contributed by atoms with Gasteiger partial charge in [0.25, 0.3) is 0 Å². The van der Waals surface area contributed by atoms with Crippen molar-refractivity contribution >= 4 is 11.6 Å². The fourth-order valence-electron chi connectivity index (χ4n) is 0.742. The van der Waals surface area contributed by atoms with Crippen LogP contribution in [0.4, 0.5) is 0 Å². The Kier molecular flexibility index (Phi) is 1.66. The lowest BCUT2D eigenvalue weighted by atomic mass is 10.6. The molecule has 1 heterocycles. The number of ether oxygens (including phenoxy) is 1. The fraction of sp³-hybridized carbons (Fsp3) is 0.429. The smallest absolute Gasteiger partial charge is 0.225 e. The molecule has 0 aliphatic heterocycles. The van der Waals surface area contributed by atoms with E-state index in [1.54, 1.807) is 12.3 Å². The van der Waals surface area contributed by atoms with Crippen molar-refractivity contribution in [2.24, 2.45) is 0 Å². The van der Waals surface area contributed by atoms with E-state index < -0.39 is 0 Å². The van der Waals surface area contributed by atoms with Gasteiger partial charge >= 0.3 is 0 Å². The van der Waals surface area contributed by atoms with Crippen molar-refractivity contribution in [2.75, 3.05) is 0 Å². The minimum atomic E-state index is 0.239. The molecule has 11 heavy (non-hydrogen) atoms. The van der Waals surface area contributed by atoms with Gasteiger partial charge in [-0.05, 0) is 24.4 Å². The molecule has 0 atom stereocenters. The lowest BCUT2D eigenvalue weighted by Crippen LogP contribution is -1.98. The Bertz CT molecular complexity index is 262. The van der Waals surface area contributed by atoms with Crippen LogP contribution < -0.4 is 4.74 Å². The Morgan fingerprint density at radius 2 is 2.36 bits per heavy atom. The zero-order chi connectivity index (χ0) is 7.68. The molecule has 0 spiro atoms. The van der Waals surface area contributed by atoms with Gasteiger partial charge in [-0.3, -0.25) is 0 Å². The summed E-state index contributed by atoms with van der Waals surface area (Å²) in [6.07, 6.45) is 4.21. The molecule has 1 fully saturated rings. The zero-order valence-electron chi connectivity index (χ0n) is 5.83. The van der Waals surface area contributed by atoms with E-state index in [0.29, 0.717) is 12.0 Å². The summed E-state index contributed by atoms with van der Waals surface area (Å²) in [6, 6.07) is 1.71. The molecular formula is C7H7ClN2O. The van der Waals surface area contributed by atoms with Crippen LogP contribution in [-0.4, -0.2) is 16.1 Å². The SMILES string of the molecule is Clc1nccc(OC2CC2)n1. The van der Waals surface area contributed by atoms with Gasteiger partial charge < -0.3 is 4.74 Å². The van der Waals surface area contributed by atoms with Crippen LogP contribution in [0.5, 0.6) is 5.88 Å². The zero-order valence-corrected chi connectivity index (χ0v) is 6.58. The lowest BCUT2D eigenvalue weighted by molar-refractivity contribution is 0.290. The number of rotatable bonds is 2. The number of halogens is 1. The molecule has 1 aliphatic carbocycles. The molecule has 2 rings (SSSR count). The largest absolute Gasteiger partial charge is 0.474 e. The van der Waals surface area contributed by atoms with Gasteiger partial charge in [-0.25, -0.2) is 4.98 Å². The predicted octanol–water partition coefficient (Wildman–Crippen LogP) is 1.67. The van der Waals surface area contributed by atoms with Gasteiger partial charge in [0.2, 0.25) is 11.2 Å². The Balaban J connectivity index is 2.10. The van der Waals surface area contributed by atoms with Gasteiger partial charge in [-0.15, -0.1) is 0 Å². The first-order valence-corrected chi connectivity index (χ1v) is 3.87. The van der Waals surface area contributed by atoms with Crippen molar-refractivity contribution in [3.05, 3.63) is 17.5 Å². The van der Waals surface area contributed by atoms with Crippen molar-refractivity contribution in [1.29, 1.82) is 0 Å². The van der Waals surface area contributed by atoms with Gasteiger partial charge in [0, 0.05) is 12.3 Å². The summed E-state index contributed by atoms with van der Waals surface area (Å²) in [4.78, 5) is 7.63. The monoisotopic (exact) mass is 170 g/mol. The summed E-state index contributed by atoms with van der Waals surface area (Å²) < 4.78 is 5.37. The van der Waals surface area contributed by atoms with Gasteiger partial charge in [0.15, 0.2) is 0 Å². The molecule has 3 nitrogen and oxygen atoms in total. The highest BCUT2D eigenvalue weighted by Gasteiger charge is 2.23. The summed E-state index contributed by atoms with van der Waals surface area (Å²) in [5.41, 5.74) is 0. The van der Waals surface area contributed by atoms with E-state index in [1.807, 2.05) is 0 Å². The first-order valence-electron chi connectivity index (χ1n) is 3.50. The molecule has 58 valence electrons. The van der Waals surface area contributed by atoms with E-state index >= 15 is 0 Å². The van der Waals surface area contributed by atoms with Crippen molar-refractivity contribution in [1.82, 2.24) is 9.97 Å². The van der Waals surface area contributed by atoms with Crippen LogP contribution in [0.25, 0.3) is 0 Å². The Labute approximate surface area is 69.4 Å². The second-order valence-corrected chi connectivity index (χ2v) is 2.82. The third kappa shape index (κ3) is 1.80. The number of hydrogen-bond donors (Lipinski definition) is 0. The van der Waals surface area contributed by atoms with Crippen LogP contribution in [0.2, 0.25) is 5.28 Å². The lowest BCUT2D eigenvalue weighted by Gasteiger charge is -2.00. The van der Waals surface area contributed by atoms with Crippen LogP contribution in [0.3, 0.4) is 0 Å². The minimum Gasteiger partial charge on any atom is -0.474 e. The second kappa shape index (κ2) is 2.66. The molecule has 0 bridgehead atoms. The number of hydrogen-bond acceptors (Lipinski definition) is 3. The van der Waals surface area contributed by atoms with E-state index in [2.05, 4.69) is 9.97 Å². The number of nitrogens with zero attached hydrogens (tertiary/aromatic N) is 2. The van der Waals surface area contributed by atoms with Crippen LogP contribution in [0.1, 0.15) is 12.8 Å². The van der Waals surface area contributed by atoms with Gasteiger partial charge in [-0.1, -0.05) is 0 Å². The maximum atomic E-state index is 5.55. The average Bonchev–Trinajstić information content (AvgIpc) is 2.71. The molecule has 0 unspecified atom stereocenters. The van der Waals surface area contributed by atoms with E-state index in [4.69, 9.17) is 16.3 Å². The molecule has 0 radical (unpaired) electrons. The first kappa shape index (κ1) is 6.85. The molecule has 0 saturated heterocycles. The molecule has 1 saturated carbocycles. The normalized spacial score (nSPS) is 16.5. The maximum absolute atomic E-state index is 5.55. The minimum absolute atomic E-state index is 0.239. The van der Waals surface area contributed by atoms with Gasteiger partial charge in [-0.2, -0.15) is 4.98 Å². The van der Waals surface area contributed by atoms with E-state index in [0.717, 1.165) is 12.8 Å². The molecular weight excluding hydrogens is 164 g/mol. The number of aromatic nitrogens is 2. The van der Waals surface area contributed by atoms with Crippen LogP contribution >= 0.6 is 11.6 Å². The Hall–Kier alpha value is -0.830. The average molecular weight is 171 g/mol. The molecule has 1 aromatic heterocycles. The quantitative estimate of drug-likeness (QED) is 0.634. The molecule has 1 aliphatic rings. The van der Waals surface area contributed by atoms with Crippen molar-refractivity contribution in [3.63, 3.8) is 0 Å². The van der Waals surface area contributed by atoms with Crippen LogP contribution in [0, 0.1) is 0 Å². The third-order valence-corrected chi connectivity index (χ3v) is 1.59. The Morgan fingerprint density at radius 3 is 3.00 bits per heavy atom. The third-order valence-electron chi connectivity index (χ3n) is 1.41. The van der Waals surface area contributed by atoms with Gasteiger partial charge in [0.05, 0.1) is 0 Å². The highest BCUT2D eigenvalue weighted by atomic mass is 35.5. The molecule has 0 N–H and O–H groups in total. The predicted molar refractivity (Wildman–Crippen MR) is 40.7 cm³/mol. The fourth-order valence-corrected chi connectivity index (χ4v) is 0.882.